The number of hydrogen-bond acceptors (Lipinski definition) is 5. The van der Waals surface area contributed by atoms with Gasteiger partial charge in [-0.1, -0.05) is 48.5 Å². The first-order valence-corrected chi connectivity index (χ1v) is 13.9. The molecule has 4 N–H and O–H groups in total. The molecule has 1 aliphatic rings. The monoisotopic (exact) mass is 531 g/mol. The maximum atomic E-state index is 13.0. The Kier molecular flexibility index (Phi) is 9.07. The molecule has 0 unspecified atom stereocenters. The molecular formula is C30H33N3O4S. The van der Waals surface area contributed by atoms with Crippen LogP contribution in [0, 0.1) is 11.3 Å². The molecule has 4 rings (SSSR count). The second-order valence-electron chi connectivity index (χ2n) is 9.49. The van der Waals surface area contributed by atoms with Crippen molar-refractivity contribution >= 4 is 29.5 Å². The molecule has 8 heteroatoms. The van der Waals surface area contributed by atoms with Crippen LogP contribution in [0.3, 0.4) is 0 Å². The van der Waals surface area contributed by atoms with E-state index in [4.69, 9.17) is 15.9 Å². The number of aryl methyl sites for hydroxylation is 1. The van der Waals surface area contributed by atoms with Gasteiger partial charge in [0.05, 0.1) is 18.4 Å². The summed E-state index contributed by atoms with van der Waals surface area (Å²) >= 11 is 1.71. The Balaban J connectivity index is 1.36. The largest absolute Gasteiger partial charge is 0.491 e. The molecule has 2 atom stereocenters. The van der Waals surface area contributed by atoms with Crippen molar-refractivity contribution in [2.45, 2.75) is 36.6 Å². The second kappa shape index (κ2) is 12.6. The Labute approximate surface area is 227 Å². The molecule has 0 aliphatic carbocycles. The van der Waals surface area contributed by atoms with Crippen LogP contribution in [0.15, 0.2) is 77.7 Å². The Morgan fingerprint density at radius 3 is 2.26 bits per heavy atom. The van der Waals surface area contributed by atoms with E-state index >= 15 is 0 Å². The van der Waals surface area contributed by atoms with Crippen LogP contribution in [0.1, 0.15) is 30.4 Å². The molecule has 1 aliphatic heterocycles. The van der Waals surface area contributed by atoms with E-state index in [2.05, 4.69) is 24.3 Å². The highest BCUT2D eigenvalue weighted by Gasteiger charge is 2.40. The van der Waals surface area contributed by atoms with E-state index in [1.54, 1.807) is 11.8 Å². The van der Waals surface area contributed by atoms with E-state index in [0.717, 1.165) is 24.0 Å². The van der Waals surface area contributed by atoms with Crippen molar-refractivity contribution in [3.63, 3.8) is 0 Å². The Bertz CT molecular complexity index is 1260. The van der Waals surface area contributed by atoms with Gasteiger partial charge in [0, 0.05) is 17.0 Å². The van der Waals surface area contributed by atoms with Crippen molar-refractivity contribution in [2.75, 3.05) is 19.4 Å². The number of rotatable bonds is 12. The number of nitrogens with two attached hydrogens (primary N) is 1. The summed E-state index contributed by atoms with van der Waals surface area (Å²) in [7, 11) is 0. The number of thioether (sulfide) groups is 1. The van der Waals surface area contributed by atoms with Crippen molar-refractivity contribution < 1.29 is 19.4 Å². The number of carbonyl (C=O) groups is 2. The predicted molar refractivity (Wildman–Crippen MR) is 151 cm³/mol. The molecule has 1 saturated heterocycles. The van der Waals surface area contributed by atoms with E-state index in [1.807, 2.05) is 59.7 Å². The van der Waals surface area contributed by atoms with Crippen LogP contribution in [-0.4, -0.2) is 53.2 Å². The lowest BCUT2D eigenvalue weighted by molar-refractivity contribution is -0.142. The third-order valence-electron chi connectivity index (χ3n) is 6.90. The van der Waals surface area contributed by atoms with Gasteiger partial charge in [0.25, 0.3) is 0 Å². The minimum Gasteiger partial charge on any atom is -0.491 e. The number of nitrogens with one attached hydrogen (secondary N) is 1. The van der Waals surface area contributed by atoms with Crippen LogP contribution in [0.4, 0.5) is 0 Å². The van der Waals surface area contributed by atoms with Crippen LogP contribution in [0.25, 0.3) is 11.1 Å². The molecule has 38 heavy (non-hydrogen) atoms. The number of likely N-dealkylation sites (tertiary alicyclic amines) is 1. The molecule has 0 aromatic heterocycles. The fourth-order valence-electron chi connectivity index (χ4n) is 4.83. The number of ether oxygens (including phenoxy) is 1. The smallest absolute Gasteiger partial charge is 0.304 e. The maximum Gasteiger partial charge on any atom is 0.304 e. The Morgan fingerprint density at radius 1 is 1.05 bits per heavy atom. The molecule has 7 nitrogen and oxygen atoms in total. The van der Waals surface area contributed by atoms with Gasteiger partial charge in [-0.15, -0.1) is 11.8 Å². The van der Waals surface area contributed by atoms with Crippen LogP contribution in [-0.2, 0) is 16.0 Å². The molecule has 0 radical (unpaired) electrons. The maximum absolute atomic E-state index is 13.0. The van der Waals surface area contributed by atoms with Gasteiger partial charge < -0.3 is 20.5 Å². The first-order chi connectivity index (χ1) is 18.3. The quantitative estimate of drug-likeness (QED) is 0.171. The molecule has 1 heterocycles. The van der Waals surface area contributed by atoms with Gasteiger partial charge >= 0.3 is 5.97 Å². The summed E-state index contributed by atoms with van der Waals surface area (Å²) < 4.78 is 6.07. The average Bonchev–Trinajstić information content (AvgIpc) is 3.21. The molecule has 198 valence electrons. The van der Waals surface area contributed by atoms with Crippen molar-refractivity contribution in [3.05, 3.63) is 83.9 Å². The molecule has 1 amide bonds. The fraction of sp³-hybridized carbons (Fsp3) is 0.300. The zero-order valence-corrected chi connectivity index (χ0v) is 22.2. The average molecular weight is 532 g/mol. The molecule has 0 spiro atoms. The minimum absolute atomic E-state index is 0.0372. The van der Waals surface area contributed by atoms with Gasteiger partial charge in [-0.2, -0.15) is 0 Å². The summed E-state index contributed by atoms with van der Waals surface area (Å²) in [4.78, 5) is 27.4. The minimum atomic E-state index is -0.953. The molecule has 1 fully saturated rings. The third-order valence-corrected chi connectivity index (χ3v) is 7.64. The SMILES string of the molecule is CSc1ccc(CCCN2C(=O)[C@H](CC(=O)O)C[C@H]2COc2ccc(-c3ccc(C(=N)N)cc3)cc2)cc1. The lowest BCUT2D eigenvalue weighted by atomic mass is 10.0. The molecule has 3 aromatic rings. The third kappa shape index (κ3) is 6.95. The van der Waals surface area contributed by atoms with E-state index in [1.165, 1.54) is 10.5 Å². The summed E-state index contributed by atoms with van der Waals surface area (Å²) in [5.41, 5.74) is 9.46. The number of carboxylic acids is 1. The zero-order chi connectivity index (χ0) is 27.1. The molecule has 3 aromatic carbocycles. The fourth-order valence-corrected chi connectivity index (χ4v) is 5.24. The molecule has 0 saturated carbocycles. The van der Waals surface area contributed by atoms with Crippen LogP contribution < -0.4 is 10.5 Å². The highest BCUT2D eigenvalue weighted by Crippen LogP contribution is 2.29. The number of hydrogen-bond donors (Lipinski definition) is 3. The van der Waals surface area contributed by atoms with E-state index in [0.29, 0.717) is 30.9 Å². The Morgan fingerprint density at radius 2 is 1.68 bits per heavy atom. The number of benzene rings is 3. The van der Waals surface area contributed by atoms with Gasteiger partial charge in [-0.05, 0) is 66.5 Å². The zero-order valence-electron chi connectivity index (χ0n) is 21.4. The number of nitrogen functional groups attached to an aromatic ring is 1. The topological polar surface area (TPSA) is 117 Å². The van der Waals surface area contributed by atoms with E-state index in [9.17, 15) is 14.7 Å². The molecule has 0 bridgehead atoms. The first-order valence-electron chi connectivity index (χ1n) is 12.7. The lowest BCUT2D eigenvalue weighted by Crippen LogP contribution is -2.38. The van der Waals surface area contributed by atoms with Crippen molar-refractivity contribution in [1.82, 2.24) is 4.90 Å². The van der Waals surface area contributed by atoms with Crippen LogP contribution in [0.5, 0.6) is 5.75 Å². The van der Waals surface area contributed by atoms with Crippen molar-refractivity contribution in [2.24, 2.45) is 11.7 Å². The van der Waals surface area contributed by atoms with Gasteiger partial charge in [-0.25, -0.2) is 0 Å². The van der Waals surface area contributed by atoms with E-state index < -0.39 is 11.9 Å². The summed E-state index contributed by atoms with van der Waals surface area (Å²) in [5, 5.41) is 16.8. The van der Waals surface area contributed by atoms with Crippen LogP contribution >= 0.6 is 11.8 Å². The normalized spacial score (nSPS) is 17.0. The number of carbonyl (C=O) groups excluding carboxylic acids is 1. The van der Waals surface area contributed by atoms with Gasteiger partial charge in [-0.3, -0.25) is 15.0 Å². The second-order valence-corrected chi connectivity index (χ2v) is 10.4. The lowest BCUT2D eigenvalue weighted by Gasteiger charge is -2.25. The summed E-state index contributed by atoms with van der Waals surface area (Å²) in [6, 6.07) is 23.5. The highest BCUT2D eigenvalue weighted by atomic mass is 32.2. The standard InChI is InChI=1S/C30H33N3O4S/c1-38-27-14-4-20(5-15-27)3-2-16-33-25(17-24(30(33)36)18-28(34)35)19-37-26-12-10-22(11-13-26)21-6-8-23(9-7-21)29(31)32/h4-15,24-25H,2-3,16-19H2,1H3,(H3,31,32)(H,34,35)/t24-,25-/m0/s1. The van der Waals surface area contributed by atoms with Crippen molar-refractivity contribution in [1.29, 1.82) is 5.41 Å². The Hall–Kier alpha value is -3.78. The summed E-state index contributed by atoms with van der Waals surface area (Å²) in [6.07, 6.45) is 4.03. The number of carboxylic acid groups (broad SMARTS) is 1. The summed E-state index contributed by atoms with van der Waals surface area (Å²) in [6.45, 7) is 0.888. The molecular weight excluding hydrogens is 498 g/mol. The van der Waals surface area contributed by atoms with Gasteiger partial charge in [0.1, 0.15) is 18.2 Å². The summed E-state index contributed by atoms with van der Waals surface area (Å²) in [5.74, 6) is -0.830. The van der Waals surface area contributed by atoms with Gasteiger partial charge in [0.2, 0.25) is 5.91 Å². The van der Waals surface area contributed by atoms with Crippen molar-refractivity contribution in [3.8, 4) is 16.9 Å². The first kappa shape index (κ1) is 27.3. The van der Waals surface area contributed by atoms with Crippen LogP contribution in [0.2, 0.25) is 0 Å². The number of nitrogens with zero attached hydrogens (tertiary/aromatic N) is 1. The van der Waals surface area contributed by atoms with E-state index in [-0.39, 0.29) is 24.2 Å². The number of aliphatic carboxylic acids is 1. The highest BCUT2D eigenvalue weighted by molar-refractivity contribution is 7.98. The van der Waals surface area contributed by atoms with Gasteiger partial charge in [0.15, 0.2) is 0 Å². The number of amidine groups is 1. The predicted octanol–water partition coefficient (Wildman–Crippen LogP) is 5.06. The number of amides is 1.